The third-order valence-electron chi connectivity index (χ3n) is 3.81. The van der Waals surface area contributed by atoms with E-state index in [1.54, 1.807) is 5.06 Å². The first kappa shape index (κ1) is 15.5. The smallest absolute Gasteiger partial charge is 0.330 e. The summed E-state index contributed by atoms with van der Waals surface area (Å²) in [5, 5.41) is 1.68. The number of rotatable bonds is 2. The standard InChI is InChI=1S/C15H21N5O3/c1-15(2,3)14(22)23-20-6-4-19(5-7-20)11-8-10-12(13(21)18-11)17-9-16-10/h8-9H,4-7H2,1-3H3,(H,16,17)(H,18,21). The molecule has 8 heteroatoms. The van der Waals surface area contributed by atoms with Crippen molar-refractivity contribution >= 4 is 22.8 Å². The molecule has 0 unspecified atom stereocenters. The minimum Gasteiger partial charge on any atom is -0.367 e. The van der Waals surface area contributed by atoms with E-state index in [-0.39, 0.29) is 11.5 Å². The summed E-state index contributed by atoms with van der Waals surface area (Å²) in [6.45, 7) is 7.97. The van der Waals surface area contributed by atoms with Gasteiger partial charge in [-0.25, -0.2) is 9.78 Å². The van der Waals surface area contributed by atoms with Crippen LogP contribution < -0.4 is 10.5 Å². The van der Waals surface area contributed by atoms with Crippen LogP contribution in [0.5, 0.6) is 0 Å². The van der Waals surface area contributed by atoms with Crippen LogP contribution >= 0.6 is 0 Å². The second kappa shape index (κ2) is 5.69. The number of piperazine rings is 1. The van der Waals surface area contributed by atoms with Gasteiger partial charge in [0.1, 0.15) is 11.3 Å². The summed E-state index contributed by atoms with van der Waals surface area (Å²) in [7, 11) is 0. The molecule has 0 bridgehead atoms. The summed E-state index contributed by atoms with van der Waals surface area (Å²) in [6, 6.07) is 1.85. The maximum atomic E-state index is 12.0. The van der Waals surface area contributed by atoms with Crippen LogP contribution in [0.2, 0.25) is 0 Å². The molecule has 0 atom stereocenters. The molecule has 1 aliphatic rings. The van der Waals surface area contributed by atoms with E-state index in [2.05, 4.69) is 19.9 Å². The first-order valence-electron chi connectivity index (χ1n) is 7.63. The Morgan fingerprint density at radius 2 is 1.96 bits per heavy atom. The van der Waals surface area contributed by atoms with Gasteiger partial charge >= 0.3 is 5.97 Å². The van der Waals surface area contributed by atoms with E-state index in [4.69, 9.17) is 4.84 Å². The van der Waals surface area contributed by atoms with Crippen molar-refractivity contribution in [2.75, 3.05) is 31.1 Å². The number of carbonyl (C=O) groups is 1. The molecule has 0 spiro atoms. The highest BCUT2D eigenvalue weighted by Crippen LogP contribution is 2.19. The predicted octanol–water partition coefficient (Wildman–Crippen LogP) is 0.878. The molecule has 2 aromatic rings. The number of anilines is 1. The number of hydroxylamine groups is 2. The summed E-state index contributed by atoms with van der Waals surface area (Å²) < 4.78 is 0. The molecular weight excluding hydrogens is 298 g/mol. The zero-order chi connectivity index (χ0) is 16.6. The topological polar surface area (TPSA) is 94.3 Å². The molecule has 1 fully saturated rings. The quantitative estimate of drug-likeness (QED) is 0.853. The molecule has 1 saturated heterocycles. The molecule has 3 rings (SSSR count). The molecule has 8 nitrogen and oxygen atoms in total. The number of aromatic amines is 2. The number of nitrogens with one attached hydrogen (secondary N) is 2. The van der Waals surface area contributed by atoms with E-state index in [1.165, 1.54) is 6.33 Å². The van der Waals surface area contributed by atoms with Gasteiger partial charge in [-0.15, -0.1) is 5.06 Å². The fourth-order valence-corrected chi connectivity index (χ4v) is 2.39. The van der Waals surface area contributed by atoms with E-state index in [1.807, 2.05) is 26.8 Å². The number of carbonyl (C=O) groups excluding carboxylic acids is 1. The Morgan fingerprint density at radius 3 is 2.61 bits per heavy atom. The minimum absolute atomic E-state index is 0.184. The highest BCUT2D eigenvalue weighted by Gasteiger charge is 2.28. The lowest BCUT2D eigenvalue weighted by Gasteiger charge is -2.35. The van der Waals surface area contributed by atoms with Crippen molar-refractivity contribution in [1.82, 2.24) is 20.0 Å². The van der Waals surface area contributed by atoms with Crippen molar-refractivity contribution < 1.29 is 9.63 Å². The summed E-state index contributed by atoms with van der Waals surface area (Å²) in [5.74, 6) is 0.494. The molecule has 23 heavy (non-hydrogen) atoms. The van der Waals surface area contributed by atoms with Gasteiger partial charge in [-0.2, -0.15) is 0 Å². The lowest BCUT2D eigenvalue weighted by molar-refractivity contribution is -0.201. The van der Waals surface area contributed by atoms with Gasteiger partial charge < -0.3 is 19.7 Å². The van der Waals surface area contributed by atoms with Crippen LogP contribution in [0.3, 0.4) is 0 Å². The number of imidazole rings is 1. The second-order valence-electron chi connectivity index (χ2n) is 6.69. The number of aromatic nitrogens is 3. The monoisotopic (exact) mass is 319 g/mol. The molecule has 0 aliphatic carbocycles. The third kappa shape index (κ3) is 3.21. The summed E-state index contributed by atoms with van der Waals surface area (Å²) in [5.41, 5.74) is 0.418. The van der Waals surface area contributed by atoms with E-state index < -0.39 is 5.41 Å². The molecule has 3 heterocycles. The van der Waals surface area contributed by atoms with Gasteiger partial charge in [0.15, 0.2) is 0 Å². The van der Waals surface area contributed by atoms with Crippen LogP contribution in [-0.4, -0.2) is 52.2 Å². The Morgan fingerprint density at radius 1 is 1.26 bits per heavy atom. The molecule has 2 N–H and O–H groups in total. The van der Waals surface area contributed by atoms with Crippen molar-refractivity contribution in [3.05, 3.63) is 22.7 Å². The van der Waals surface area contributed by atoms with E-state index in [0.717, 1.165) is 5.82 Å². The average Bonchev–Trinajstić information content (AvgIpc) is 2.96. The van der Waals surface area contributed by atoms with Crippen LogP contribution in [-0.2, 0) is 9.63 Å². The maximum absolute atomic E-state index is 12.0. The lowest BCUT2D eigenvalue weighted by Crippen LogP contribution is -2.48. The molecule has 2 aromatic heterocycles. The molecular formula is C15H21N5O3. The zero-order valence-corrected chi connectivity index (χ0v) is 13.5. The SMILES string of the molecule is CC(C)(C)C(=O)ON1CCN(c2cc3nc[nH]c3c(=O)[nH]2)CC1. The van der Waals surface area contributed by atoms with Crippen LogP contribution in [0, 0.1) is 5.41 Å². The van der Waals surface area contributed by atoms with Gasteiger partial charge in [0.25, 0.3) is 5.56 Å². The van der Waals surface area contributed by atoms with Crippen molar-refractivity contribution in [1.29, 1.82) is 0 Å². The molecule has 0 radical (unpaired) electrons. The third-order valence-corrected chi connectivity index (χ3v) is 3.81. The highest BCUT2D eigenvalue weighted by molar-refractivity contribution is 5.76. The van der Waals surface area contributed by atoms with Crippen LogP contribution in [0.25, 0.3) is 11.0 Å². The van der Waals surface area contributed by atoms with Crippen molar-refractivity contribution in [2.45, 2.75) is 20.8 Å². The predicted molar refractivity (Wildman–Crippen MR) is 86.0 cm³/mol. The van der Waals surface area contributed by atoms with Crippen LogP contribution in [0.1, 0.15) is 20.8 Å². The zero-order valence-electron chi connectivity index (χ0n) is 13.5. The van der Waals surface area contributed by atoms with Gasteiger partial charge in [0.2, 0.25) is 0 Å². The average molecular weight is 319 g/mol. The lowest BCUT2D eigenvalue weighted by atomic mass is 9.98. The normalized spacial score (nSPS) is 16.7. The summed E-state index contributed by atoms with van der Waals surface area (Å²) in [6.07, 6.45) is 1.51. The Kier molecular flexibility index (Phi) is 3.85. The van der Waals surface area contributed by atoms with Crippen molar-refractivity contribution in [3.63, 3.8) is 0 Å². The molecule has 124 valence electrons. The molecule has 0 aromatic carbocycles. The summed E-state index contributed by atoms with van der Waals surface area (Å²) >= 11 is 0. The minimum atomic E-state index is -0.520. The van der Waals surface area contributed by atoms with Crippen LogP contribution in [0.4, 0.5) is 5.82 Å². The van der Waals surface area contributed by atoms with Gasteiger partial charge in [0.05, 0.1) is 30.3 Å². The Hall–Kier alpha value is -2.35. The molecule has 0 saturated carbocycles. The van der Waals surface area contributed by atoms with Gasteiger partial charge in [-0.1, -0.05) is 0 Å². The highest BCUT2D eigenvalue weighted by atomic mass is 16.7. The fraction of sp³-hybridized carbons (Fsp3) is 0.533. The number of pyridine rings is 1. The number of hydrogen-bond acceptors (Lipinski definition) is 6. The van der Waals surface area contributed by atoms with Gasteiger partial charge in [-0.3, -0.25) is 4.79 Å². The Labute approximate surface area is 133 Å². The maximum Gasteiger partial charge on any atom is 0.330 e. The van der Waals surface area contributed by atoms with Crippen LogP contribution in [0.15, 0.2) is 17.2 Å². The second-order valence-corrected chi connectivity index (χ2v) is 6.69. The first-order chi connectivity index (χ1) is 10.8. The van der Waals surface area contributed by atoms with Gasteiger partial charge in [0, 0.05) is 19.2 Å². The first-order valence-corrected chi connectivity index (χ1v) is 7.63. The Bertz CT molecular complexity index is 765. The van der Waals surface area contributed by atoms with Gasteiger partial charge in [-0.05, 0) is 20.8 Å². The molecule has 1 aliphatic heterocycles. The molecule has 0 amide bonds. The largest absolute Gasteiger partial charge is 0.367 e. The fourth-order valence-electron chi connectivity index (χ4n) is 2.39. The van der Waals surface area contributed by atoms with Crippen molar-refractivity contribution in [2.24, 2.45) is 5.41 Å². The number of hydrogen-bond donors (Lipinski definition) is 2. The van der Waals surface area contributed by atoms with E-state index in [9.17, 15) is 9.59 Å². The number of fused-ring (bicyclic) bond motifs is 1. The summed E-state index contributed by atoms with van der Waals surface area (Å²) in [4.78, 5) is 41.2. The number of H-pyrrole nitrogens is 2. The number of nitrogens with zero attached hydrogens (tertiary/aromatic N) is 3. The van der Waals surface area contributed by atoms with Crippen molar-refractivity contribution in [3.8, 4) is 0 Å². The Balaban J connectivity index is 1.66. The van der Waals surface area contributed by atoms with E-state index >= 15 is 0 Å². The van der Waals surface area contributed by atoms with E-state index in [0.29, 0.717) is 37.2 Å².